The van der Waals surface area contributed by atoms with Crippen LogP contribution >= 0.6 is 0 Å². The van der Waals surface area contributed by atoms with E-state index in [2.05, 4.69) is 9.47 Å². The van der Waals surface area contributed by atoms with Gasteiger partial charge in [-0.25, -0.2) is 8.78 Å². The maximum atomic E-state index is 13.9. The predicted molar refractivity (Wildman–Crippen MR) is 65.1 cm³/mol. The molecule has 2 aromatic rings. The molecule has 2 nitrogen and oxygen atoms in total. The zero-order valence-corrected chi connectivity index (χ0v) is 10.7. The highest BCUT2D eigenvalue weighted by molar-refractivity contribution is 5.76. The van der Waals surface area contributed by atoms with Crippen LogP contribution < -0.4 is 9.47 Å². The number of ether oxygens (including phenoxy) is 2. The summed E-state index contributed by atoms with van der Waals surface area (Å²) < 4.78 is 85.1. The minimum absolute atomic E-state index is 0.464. The van der Waals surface area contributed by atoms with E-state index in [0.29, 0.717) is 6.07 Å². The van der Waals surface area contributed by atoms with E-state index in [1.54, 1.807) is 0 Å². The molecule has 0 saturated carbocycles. The van der Waals surface area contributed by atoms with Gasteiger partial charge in [0.1, 0.15) is 23.1 Å². The molecule has 0 unspecified atom stereocenters. The van der Waals surface area contributed by atoms with E-state index in [1.807, 2.05) is 0 Å². The van der Waals surface area contributed by atoms with Crippen molar-refractivity contribution in [3.8, 4) is 22.6 Å². The lowest BCUT2D eigenvalue weighted by Gasteiger charge is -2.15. The molecule has 0 heterocycles. The molecule has 0 aliphatic carbocycles. The Labute approximate surface area is 120 Å². The maximum absolute atomic E-state index is 13.9. The summed E-state index contributed by atoms with van der Waals surface area (Å²) in [7, 11) is 0. The van der Waals surface area contributed by atoms with Crippen molar-refractivity contribution in [3.63, 3.8) is 0 Å². The van der Waals surface area contributed by atoms with Crippen LogP contribution in [0.1, 0.15) is 0 Å². The second-order valence-electron chi connectivity index (χ2n) is 4.01. The molecule has 8 heteroatoms. The molecule has 0 bridgehead atoms. The predicted octanol–water partition coefficient (Wildman–Crippen LogP) is 4.83. The fourth-order valence-corrected chi connectivity index (χ4v) is 1.86. The van der Waals surface area contributed by atoms with Crippen molar-refractivity contribution in [2.75, 3.05) is 0 Å². The number of hydrogen-bond acceptors (Lipinski definition) is 2. The lowest BCUT2D eigenvalue weighted by atomic mass is 10.0. The second kappa shape index (κ2) is 6.59. The minimum atomic E-state index is -3.27. The van der Waals surface area contributed by atoms with Gasteiger partial charge in [-0.15, -0.1) is 0 Å². The van der Waals surface area contributed by atoms with Crippen LogP contribution in [-0.2, 0) is 0 Å². The van der Waals surface area contributed by atoms with Crippen LogP contribution in [-0.4, -0.2) is 13.2 Å². The van der Waals surface area contributed by atoms with Gasteiger partial charge >= 0.3 is 13.2 Å². The Balaban J connectivity index is 2.62. The summed E-state index contributed by atoms with van der Waals surface area (Å²) in [5, 5.41) is 0. The van der Waals surface area contributed by atoms with E-state index in [0.717, 1.165) is 30.3 Å². The first-order valence-electron chi connectivity index (χ1n) is 5.86. The lowest BCUT2D eigenvalue weighted by molar-refractivity contribution is -0.0515. The van der Waals surface area contributed by atoms with Crippen molar-refractivity contribution in [3.05, 3.63) is 48.0 Å². The summed E-state index contributed by atoms with van der Waals surface area (Å²) in [6, 6.07) is 5.33. The molecule has 0 atom stereocenters. The molecule has 22 heavy (non-hydrogen) atoms. The SMILES string of the molecule is Fc1ccc(OC(F)F)c(-c2c(F)cccc2OC(F)F)c1. The molecular formula is C14H8F6O2. The van der Waals surface area contributed by atoms with Crippen LogP contribution in [0, 0.1) is 11.6 Å². The standard InChI is InChI=1S/C14H8F6O2/c15-7-4-5-10(21-13(17)18)8(6-7)12-9(16)2-1-3-11(12)22-14(19)20/h1-6,13-14H. The monoisotopic (exact) mass is 322 g/mol. The molecule has 0 amide bonds. The van der Waals surface area contributed by atoms with Gasteiger partial charge in [-0.2, -0.15) is 17.6 Å². The van der Waals surface area contributed by atoms with Crippen LogP contribution in [0.3, 0.4) is 0 Å². The maximum Gasteiger partial charge on any atom is 0.387 e. The minimum Gasteiger partial charge on any atom is -0.434 e. The zero-order chi connectivity index (χ0) is 16.3. The van der Waals surface area contributed by atoms with Gasteiger partial charge < -0.3 is 9.47 Å². The van der Waals surface area contributed by atoms with Gasteiger partial charge in [-0.1, -0.05) is 6.07 Å². The number of halogens is 6. The van der Waals surface area contributed by atoms with E-state index in [4.69, 9.17) is 0 Å². The van der Waals surface area contributed by atoms with Gasteiger partial charge in [0, 0.05) is 5.56 Å². The first-order chi connectivity index (χ1) is 10.4. The average Bonchev–Trinajstić information content (AvgIpc) is 2.40. The normalized spacial score (nSPS) is 11.1. The van der Waals surface area contributed by atoms with Crippen LogP contribution in [0.4, 0.5) is 26.3 Å². The molecule has 2 rings (SSSR count). The van der Waals surface area contributed by atoms with Crippen LogP contribution in [0.5, 0.6) is 11.5 Å². The summed E-state index contributed by atoms with van der Waals surface area (Å²) in [4.78, 5) is 0. The molecule has 0 aliphatic rings. The first-order valence-corrected chi connectivity index (χ1v) is 5.86. The van der Waals surface area contributed by atoms with Crippen molar-refractivity contribution < 1.29 is 35.8 Å². The Morgan fingerprint density at radius 1 is 0.773 bits per heavy atom. The van der Waals surface area contributed by atoms with E-state index in [-0.39, 0.29) is 0 Å². The molecule has 0 radical (unpaired) electrons. The molecule has 0 fully saturated rings. The molecule has 2 aromatic carbocycles. The fourth-order valence-electron chi connectivity index (χ4n) is 1.86. The lowest BCUT2D eigenvalue weighted by Crippen LogP contribution is -2.06. The number of rotatable bonds is 5. The molecule has 0 aliphatic heterocycles. The van der Waals surface area contributed by atoms with Gasteiger partial charge in [0.2, 0.25) is 0 Å². The highest BCUT2D eigenvalue weighted by Gasteiger charge is 2.21. The molecule has 0 aromatic heterocycles. The Morgan fingerprint density at radius 2 is 1.41 bits per heavy atom. The van der Waals surface area contributed by atoms with Crippen LogP contribution in [0.15, 0.2) is 36.4 Å². The van der Waals surface area contributed by atoms with E-state index >= 15 is 0 Å². The number of alkyl halides is 4. The van der Waals surface area contributed by atoms with Crippen molar-refractivity contribution in [2.24, 2.45) is 0 Å². The molecule has 0 N–H and O–H groups in total. The summed E-state index contributed by atoms with van der Waals surface area (Å²) in [5.74, 6) is -3.13. The van der Waals surface area contributed by atoms with Gasteiger partial charge in [0.15, 0.2) is 0 Å². The average molecular weight is 322 g/mol. The van der Waals surface area contributed by atoms with Gasteiger partial charge in [0.05, 0.1) is 5.56 Å². The van der Waals surface area contributed by atoms with Gasteiger partial charge in [-0.3, -0.25) is 0 Å². The Morgan fingerprint density at radius 3 is 2.05 bits per heavy atom. The van der Waals surface area contributed by atoms with Gasteiger partial charge in [0.25, 0.3) is 0 Å². The van der Waals surface area contributed by atoms with Gasteiger partial charge in [-0.05, 0) is 30.3 Å². The smallest absolute Gasteiger partial charge is 0.387 e. The zero-order valence-electron chi connectivity index (χ0n) is 10.7. The highest BCUT2D eigenvalue weighted by Crippen LogP contribution is 2.39. The highest BCUT2D eigenvalue weighted by atomic mass is 19.3. The summed E-state index contributed by atoms with van der Waals surface area (Å²) in [5.41, 5.74) is -1.06. The van der Waals surface area contributed by atoms with Crippen molar-refractivity contribution >= 4 is 0 Å². The third-order valence-corrected chi connectivity index (χ3v) is 2.62. The first kappa shape index (κ1) is 16.0. The second-order valence-corrected chi connectivity index (χ2v) is 4.01. The Hall–Kier alpha value is -2.38. The van der Waals surface area contributed by atoms with Crippen molar-refractivity contribution in [1.82, 2.24) is 0 Å². The number of hydrogen-bond donors (Lipinski definition) is 0. The van der Waals surface area contributed by atoms with E-state index < -0.39 is 47.5 Å². The Bertz CT molecular complexity index is 660. The van der Waals surface area contributed by atoms with Crippen LogP contribution in [0.2, 0.25) is 0 Å². The number of benzene rings is 2. The summed E-state index contributed by atoms with van der Waals surface area (Å²) >= 11 is 0. The third-order valence-electron chi connectivity index (χ3n) is 2.62. The van der Waals surface area contributed by atoms with Crippen molar-refractivity contribution in [1.29, 1.82) is 0 Å². The Kier molecular flexibility index (Phi) is 4.79. The third kappa shape index (κ3) is 3.63. The fraction of sp³-hybridized carbons (Fsp3) is 0.143. The van der Waals surface area contributed by atoms with Crippen LogP contribution in [0.25, 0.3) is 11.1 Å². The van der Waals surface area contributed by atoms with Crippen molar-refractivity contribution in [2.45, 2.75) is 13.2 Å². The summed E-state index contributed by atoms with van der Waals surface area (Å²) in [6.45, 7) is -6.52. The topological polar surface area (TPSA) is 18.5 Å². The molecule has 0 saturated heterocycles. The van der Waals surface area contributed by atoms with E-state index in [9.17, 15) is 26.3 Å². The largest absolute Gasteiger partial charge is 0.434 e. The quantitative estimate of drug-likeness (QED) is 0.734. The molecular weight excluding hydrogens is 314 g/mol. The summed E-state index contributed by atoms with van der Waals surface area (Å²) in [6.07, 6.45) is 0. The van der Waals surface area contributed by atoms with E-state index in [1.165, 1.54) is 0 Å². The molecule has 118 valence electrons. The molecule has 0 spiro atoms.